The van der Waals surface area contributed by atoms with Crippen LogP contribution in [0.4, 0.5) is 0 Å². The molecule has 32 heavy (non-hydrogen) atoms. The number of para-hydroxylation sites is 1. The minimum absolute atomic E-state index is 0.0731. The number of benzene rings is 2. The lowest BCUT2D eigenvalue weighted by Gasteiger charge is -2.27. The number of ketones is 1. The summed E-state index contributed by atoms with van der Waals surface area (Å²) in [4.78, 5) is 31.7. The molecule has 1 spiro atoms. The average Bonchev–Trinajstić information content (AvgIpc) is 3.14. The van der Waals surface area contributed by atoms with E-state index in [4.69, 9.17) is 0 Å². The second kappa shape index (κ2) is 6.07. The van der Waals surface area contributed by atoms with Gasteiger partial charge in [-0.1, -0.05) is 48.5 Å². The van der Waals surface area contributed by atoms with Crippen LogP contribution in [0.3, 0.4) is 0 Å². The number of H-pyrrole nitrogens is 1. The van der Waals surface area contributed by atoms with Gasteiger partial charge in [0, 0.05) is 40.2 Å². The van der Waals surface area contributed by atoms with Crippen molar-refractivity contribution in [3.8, 4) is 0 Å². The SMILES string of the molecule is O=C1C=C2N(C(=O)c3cc4ccccc4[nH]3)CC3CC23c2cnn(Cc3ccccc3)c21. The molecule has 2 aromatic heterocycles. The van der Waals surface area contributed by atoms with Crippen molar-refractivity contribution >= 4 is 22.6 Å². The standard InChI is InChI=1S/C26H20N4O2/c31-22-11-23-26(19-13-27-30(24(19)22)14-16-6-2-1-3-7-16)12-18(26)15-29(23)25(32)21-10-17-8-4-5-9-20(17)28-21/h1-11,13,18,28H,12,14-15H2. The molecule has 3 aliphatic rings. The Bertz CT molecular complexity index is 1430. The maximum Gasteiger partial charge on any atom is 0.274 e. The van der Waals surface area contributed by atoms with Crippen molar-refractivity contribution in [3.63, 3.8) is 0 Å². The first-order valence-electron chi connectivity index (χ1n) is 10.9. The molecule has 1 saturated carbocycles. The zero-order valence-electron chi connectivity index (χ0n) is 17.3. The van der Waals surface area contributed by atoms with Gasteiger partial charge >= 0.3 is 0 Å². The zero-order chi connectivity index (χ0) is 21.4. The van der Waals surface area contributed by atoms with Crippen molar-refractivity contribution in [2.75, 3.05) is 6.54 Å². The number of fused-ring (bicyclic) bond motifs is 2. The summed E-state index contributed by atoms with van der Waals surface area (Å²) in [6.07, 6.45) is 4.49. The molecule has 2 aromatic carbocycles. The summed E-state index contributed by atoms with van der Waals surface area (Å²) in [6.45, 7) is 1.19. The normalized spacial score (nSPS) is 23.0. The molecular formula is C26H20N4O2. The van der Waals surface area contributed by atoms with Gasteiger partial charge in [-0.2, -0.15) is 5.10 Å². The fourth-order valence-electron chi connectivity index (χ4n) is 5.66. The molecular weight excluding hydrogens is 400 g/mol. The first kappa shape index (κ1) is 17.7. The van der Waals surface area contributed by atoms with Crippen molar-refractivity contribution in [3.05, 3.63) is 101 Å². The van der Waals surface area contributed by atoms with Gasteiger partial charge in [0.25, 0.3) is 5.91 Å². The van der Waals surface area contributed by atoms with E-state index in [-0.39, 0.29) is 17.1 Å². The van der Waals surface area contributed by atoms with Crippen LogP contribution in [0.15, 0.2) is 78.6 Å². The van der Waals surface area contributed by atoms with Crippen LogP contribution in [0.25, 0.3) is 10.9 Å². The van der Waals surface area contributed by atoms with E-state index in [0.29, 0.717) is 30.4 Å². The summed E-state index contributed by atoms with van der Waals surface area (Å²) in [7, 11) is 0. The van der Waals surface area contributed by atoms with Crippen molar-refractivity contribution in [2.24, 2.45) is 5.92 Å². The lowest BCUT2D eigenvalue weighted by Crippen LogP contribution is -2.34. The third kappa shape index (κ3) is 2.26. The lowest BCUT2D eigenvalue weighted by atomic mass is 9.85. The maximum atomic E-state index is 13.4. The summed E-state index contributed by atoms with van der Waals surface area (Å²) >= 11 is 0. The number of piperidine rings is 1. The van der Waals surface area contributed by atoms with E-state index >= 15 is 0 Å². The molecule has 2 unspecified atom stereocenters. The lowest BCUT2D eigenvalue weighted by molar-refractivity contribution is 0.0806. The monoisotopic (exact) mass is 420 g/mol. The number of aromatic nitrogens is 3. The minimum Gasteiger partial charge on any atom is -0.351 e. The molecule has 156 valence electrons. The number of amides is 1. The molecule has 1 aliphatic heterocycles. The molecule has 4 aromatic rings. The number of hydrogen-bond acceptors (Lipinski definition) is 3. The first-order valence-corrected chi connectivity index (χ1v) is 10.9. The molecule has 0 bridgehead atoms. The van der Waals surface area contributed by atoms with E-state index in [1.165, 1.54) is 0 Å². The van der Waals surface area contributed by atoms with Gasteiger partial charge in [0.2, 0.25) is 5.78 Å². The van der Waals surface area contributed by atoms with E-state index < -0.39 is 0 Å². The molecule has 3 heterocycles. The van der Waals surface area contributed by atoms with Gasteiger partial charge < -0.3 is 9.88 Å². The largest absolute Gasteiger partial charge is 0.351 e. The van der Waals surface area contributed by atoms with Crippen LogP contribution in [0.2, 0.25) is 0 Å². The topological polar surface area (TPSA) is 71.0 Å². The number of nitrogens with one attached hydrogen (secondary N) is 1. The number of aromatic amines is 1. The Balaban J connectivity index is 1.26. The van der Waals surface area contributed by atoms with Gasteiger partial charge in [0.05, 0.1) is 12.7 Å². The molecule has 6 nitrogen and oxygen atoms in total. The third-order valence-electron chi connectivity index (χ3n) is 7.26. The Hall–Kier alpha value is -3.93. The molecule has 1 N–H and O–H groups in total. The second-order valence-corrected chi connectivity index (χ2v) is 9.00. The Kier molecular flexibility index (Phi) is 3.36. The number of likely N-dealkylation sites (tertiary alicyclic amines) is 1. The fraction of sp³-hybridized carbons (Fsp3) is 0.192. The highest BCUT2D eigenvalue weighted by molar-refractivity contribution is 6.09. The van der Waals surface area contributed by atoms with E-state index in [9.17, 15) is 9.59 Å². The van der Waals surface area contributed by atoms with E-state index in [0.717, 1.165) is 34.1 Å². The quantitative estimate of drug-likeness (QED) is 0.546. The highest BCUT2D eigenvalue weighted by atomic mass is 16.2. The van der Waals surface area contributed by atoms with Crippen LogP contribution in [0.1, 0.15) is 38.5 Å². The van der Waals surface area contributed by atoms with Crippen molar-refractivity contribution in [1.29, 1.82) is 0 Å². The molecule has 1 amide bonds. The smallest absolute Gasteiger partial charge is 0.274 e. The van der Waals surface area contributed by atoms with Crippen molar-refractivity contribution < 1.29 is 9.59 Å². The van der Waals surface area contributed by atoms with Crippen LogP contribution in [0.5, 0.6) is 0 Å². The molecule has 2 aliphatic carbocycles. The average molecular weight is 420 g/mol. The predicted molar refractivity (Wildman–Crippen MR) is 119 cm³/mol. The highest BCUT2D eigenvalue weighted by Crippen LogP contribution is 2.66. The van der Waals surface area contributed by atoms with Crippen LogP contribution in [-0.2, 0) is 12.0 Å². The molecule has 1 saturated heterocycles. The van der Waals surface area contributed by atoms with Crippen molar-refractivity contribution in [2.45, 2.75) is 18.4 Å². The maximum absolute atomic E-state index is 13.4. The van der Waals surface area contributed by atoms with Crippen LogP contribution < -0.4 is 0 Å². The number of nitrogens with zero attached hydrogens (tertiary/aromatic N) is 3. The van der Waals surface area contributed by atoms with Gasteiger partial charge in [-0.3, -0.25) is 14.3 Å². The Morgan fingerprint density at radius 2 is 1.94 bits per heavy atom. The van der Waals surface area contributed by atoms with E-state index in [2.05, 4.69) is 10.1 Å². The summed E-state index contributed by atoms with van der Waals surface area (Å²) in [5, 5.41) is 5.59. The number of hydrogen-bond donors (Lipinski definition) is 1. The van der Waals surface area contributed by atoms with Crippen LogP contribution in [0, 0.1) is 5.92 Å². The zero-order valence-corrected chi connectivity index (χ0v) is 17.3. The summed E-state index contributed by atoms with van der Waals surface area (Å²) in [5.74, 6) is 0.186. The number of allylic oxidation sites excluding steroid dienone is 2. The van der Waals surface area contributed by atoms with E-state index in [1.54, 1.807) is 11.0 Å². The van der Waals surface area contributed by atoms with Gasteiger partial charge in [0.1, 0.15) is 11.4 Å². The Morgan fingerprint density at radius 1 is 1.12 bits per heavy atom. The first-order chi connectivity index (χ1) is 15.6. The third-order valence-corrected chi connectivity index (χ3v) is 7.26. The van der Waals surface area contributed by atoms with Gasteiger partial charge in [-0.15, -0.1) is 0 Å². The molecule has 2 fully saturated rings. The number of carbonyl (C=O) groups is 2. The molecule has 2 atom stereocenters. The number of carbonyl (C=O) groups excluding carboxylic acids is 2. The predicted octanol–water partition coefficient (Wildman–Crippen LogP) is 3.91. The fourth-order valence-corrected chi connectivity index (χ4v) is 5.66. The van der Waals surface area contributed by atoms with Gasteiger partial charge in [0.15, 0.2) is 0 Å². The van der Waals surface area contributed by atoms with Gasteiger partial charge in [-0.25, -0.2) is 0 Å². The Labute approximate surface area is 184 Å². The summed E-state index contributed by atoms with van der Waals surface area (Å²) in [5.41, 5.74) is 4.83. The van der Waals surface area contributed by atoms with Gasteiger partial charge in [-0.05, 0) is 30.0 Å². The van der Waals surface area contributed by atoms with E-state index in [1.807, 2.05) is 71.5 Å². The molecule has 7 rings (SSSR count). The Morgan fingerprint density at radius 3 is 2.78 bits per heavy atom. The minimum atomic E-state index is -0.250. The second-order valence-electron chi connectivity index (χ2n) is 9.00. The molecule has 0 radical (unpaired) electrons. The summed E-state index contributed by atoms with van der Waals surface area (Å²) in [6, 6.07) is 19.8. The molecule has 6 heteroatoms. The van der Waals surface area contributed by atoms with Crippen LogP contribution in [-0.4, -0.2) is 37.9 Å². The summed E-state index contributed by atoms with van der Waals surface area (Å²) < 4.78 is 1.81. The van der Waals surface area contributed by atoms with Crippen molar-refractivity contribution in [1.82, 2.24) is 19.7 Å². The highest BCUT2D eigenvalue weighted by Gasteiger charge is 2.68. The number of rotatable bonds is 3. The van der Waals surface area contributed by atoms with Crippen LogP contribution >= 0.6 is 0 Å².